The van der Waals surface area contributed by atoms with Crippen LogP contribution in [0.5, 0.6) is 0 Å². The van der Waals surface area contributed by atoms with Crippen molar-refractivity contribution < 1.29 is 13.2 Å². The van der Waals surface area contributed by atoms with E-state index < -0.39 is 10.0 Å². The molecule has 1 aromatic carbocycles. The number of benzene rings is 1. The molecule has 2 rings (SSSR count). The van der Waals surface area contributed by atoms with E-state index in [1.807, 2.05) is 19.2 Å². The van der Waals surface area contributed by atoms with Crippen LogP contribution in [0, 0.1) is 6.92 Å². The fraction of sp³-hybridized carbons (Fsp3) is 0.353. The molecule has 9 heteroatoms. The van der Waals surface area contributed by atoms with Crippen LogP contribution < -0.4 is 10.1 Å². The first-order valence-electron chi connectivity index (χ1n) is 8.16. The molecule has 0 aliphatic rings. The van der Waals surface area contributed by atoms with E-state index in [1.165, 1.54) is 23.5 Å². The molecule has 0 fully saturated rings. The molecule has 7 nitrogen and oxygen atoms in total. The summed E-state index contributed by atoms with van der Waals surface area (Å²) >= 11 is 1.49. The molecule has 2 aromatic rings. The van der Waals surface area contributed by atoms with Gasteiger partial charge in [-0.2, -0.15) is 5.10 Å². The van der Waals surface area contributed by atoms with Gasteiger partial charge in [0.2, 0.25) is 15.9 Å². The van der Waals surface area contributed by atoms with Gasteiger partial charge in [0, 0.05) is 11.9 Å². The molecule has 1 aromatic heterocycles. The lowest BCUT2D eigenvalue weighted by Crippen LogP contribution is -2.24. The normalized spacial score (nSPS) is 12.2. The van der Waals surface area contributed by atoms with E-state index in [9.17, 15) is 13.2 Å². The van der Waals surface area contributed by atoms with E-state index >= 15 is 0 Å². The van der Waals surface area contributed by atoms with Gasteiger partial charge in [-0.15, -0.1) is 11.3 Å². The maximum Gasteiger partial charge on any atom is 0.246 e. The minimum atomic E-state index is -3.49. The van der Waals surface area contributed by atoms with Crippen LogP contribution in [-0.2, 0) is 21.2 Å². The number of carbonyl (C=O) groups is 1. The first kappa shape index (κ1) is 20.2. The summed E-state index contributed by atoms with van der Waals surface area (Å²) in [6.07, 6.45) is 0.893. The van der Waals surface area contributed by atoms with Crippen molar-refractivity contribution in [1.29, 1.82) is 0 Å². The van der Waals surface area contributed by atoms with Gasteiger partial charge in [-0.05, 0) is 38.0 Å². The van der Waals surface area contributed by atoms with E-state index in [4.69, 9.17) is 0 Å². The molecule has 1 heterocycles. The zero-order valence-corrected chi connectivity index (χ0v) is 16.6. The van der Waals surface area contributed by atoms with E-state index in [-0.39, 0.29) is 17.2 Å². The fourth-order valence-electron chi connectivity index (χ4n) is 2.10. The first-order chi connectivity index (χ1) is 12.3. The summed E-state index contributed by atoms with van der Waals surface area (Å²) in [5, 5.41) is 6.82. The lowest BCUT2D eigenvalue weighted by Gasteiger charge is -2.07. The van der Waals surface area contributed by atoms with E-state index in [1.54, 1.807) is 19.1 Å². The summed E-state index contributed by atoms with van der Waals surface area (Å²) in [7, 11) is -3.49. The lowest BCUT2D eigenvalue weighted by atomic mass is 10.1. The Labute approximate surface area is 157 Å². The third kappa shape index (κ3) is 5.72. The van der Waals surface area contributed by atoms with E-state index in [2.05, 4.69) is 20.2 Å². The zero-order chi connectivity index (χ0) is 19.2. The van der Waals surface area contributed by atoms with Crippen LogP contribution in [0.2, 0.25) is 0 Å². The van der Waals surface area contributed by atoms with Crippen molar-refractivity contribution in [2.75, 3.05) is 6.54 Å². The van der Waals surface area contributed by atoms with Crippen LogP contribution in [0.1, 0.15) is 36.5 Å². The molecule has 0 radical (unpaired) electrons. The minimum Gasteiger partial charge on any atom is -0.273 e. The monoisotopic (exact) mass is 394 g/mol. The Hall–Kier alpha value is -2.10. The molecule has 2 N–H and O–H groups in total. The minimum absolute atomic E-state index is 0.168. The molecule has 0 saturated heterocycles. The van der Waals surface area contributed by atoms with Gasteiger partial charge < -0.3 is 0 Å². The molecule has 0 atom stereocenters. The number of hydrazone groups is 1. The molecule has 0 spiro atoms. The van der Waals surface area contributed by atoms with Gasteiger partial charge in [0.1, 0.15) is 0 Å². The highest BCUT2D eigenvalue weighted by molar-refractivity contribution is 7.89. The van der Waals surface area contributed by atoms with E-state index in [0.29, 0.717) is 18.0 Å². The average Bonchev–Trinajstić information content (AvgIpc) is 3.02. The van der Waals surface area contributed by atoms with E-state index in [0.717, 1.165) is 17.0 Å². The topological polar surface area (TPSA) is 101 Å². The third-order valence-corrected chi connectivity index (χ3v) is 5.78. The predicted molar refractivity (Wildman–Crippen MR) is 103 cm³/mol. The van der Waals surface area contributed by atoms with Crippen LogP contribution in [0.4, 0.5) is 0 Å². The smallest absolute Gasteiger partial charge is 0.246 e. The Morgan fingerprint density at radius 1 is 1.27 bits per heavy atom. The largest absolute Gasteiger partial charge is 0.273 e. The van der Waals surface area contributed by atoms with Crippen molar-refractivity contribution in [3.05, 3.63) is 45.9 Å². The summed E-state index contributed by atoms with van der Waals surface area (Å²) in [5.74, 6) is -0.252. The molecule has 1 amide bonds. The molecular formula is C17H22N4O3S2. The van der Waals surface area contributed by atoms with Crippen LogP contribution >= 0.6 is 11.3 Å². The number of rotatable bonds is 8. The van der Waals surface area contributed by atoms with Gasteiger partial charge in [0.05, 0.1) is 27.7 Å². The molecule has 0 bridgehead atoms. The summed E-state index contributed by atoms with van der Waals surface area (Å²) in [5.41, 5.74) is 4.52. The van der Waals surface area contributed by atoms with Gasteiger partial charge >= 0.3 is 0 Å². The van der Waals surface area contributed by atoms with Crippen molar-refractivity contribution in [1.82, 2.24) is 15.1 Å². The number of nitrogens with zero attached hydrogens (tertiary/aromatic N) is 2. The van der Waals surface area contributed by atoms with Crippen molar-refractivity contribution in [2.24, 2.45) is 5.10 Å². The molecule has 0 saturated carbocycles. The van der Waals surface area contributed by atoms with Gasteiger partial charge in [-0.25, -0.2) is 23.5 Å². The van der Waals surface area contributed by atoms with Gasteiger partial charge in [0.25, 0.3) is 0 Å². The van der Waals surface area contributed by atoms with Crippen LogP contribution in [0.15, 0.2) is 39.6 Å². The molecule has 0 aliphatic heterocycles. The third-order valence-electron chi connectivity index (χ3n) is 3.48. The fourth-order valence-corrected chi connectivity index (χ4v) is 3.85. The number of carbonyl (C=O) groups excluding carboxylic acids is 1. The lowest BCUT2D eigenvalue weighted by molar-refractivity contribution is -0.120. The Kier molecular flexibility index (Phi) is 7.01. The zero-order valence-electron chi connectivity index (χ0n) is 14.9. The molecule has 26 heavy (non-hydrogen) atoms. The van der Waals surface area contributed by atoms with Crippen molar-refractivity contribution in [3.63, 3.8) is 0 Å². The second kappa shape index (κ2) is 9.02. The Morgan fingerprint density at radius 2 is 1.96 bits per heavy atom. The summed E-state index contributed by atoms with van der Waals surface area (Å²) in [4.78, 5) is 16.3. The maximum atomic E-state index is 12.1. The van der Waals surface area contributed by atoms with Crippen molar-refractivity contribution in [2.45, 2.75) is 38.5 Å². The molecule has 0 aliphatic carbocycles. The predicted octanol–water partition coefficient (Wildman–Crippen LogP) is 2.22. The number of amides is 1. The molecule has 0 unspecified atom stereocenters. The highest BCUT2D eigenvalue weighted by Crippen LogP contribution is 2.11. The molecular weight excluding hydrogens is 372 g/mol. The number of hydrogen-bond donors (Lipinski definition) is 2. The van der Waals surface area contributed by atoms with Crippen molar-refractivity contribution in [3.8, 4) is 0 Å². The SMILES string of the molecule is CCCNS(=O)(=O)c1ccc(/C(C)=N\NC(=O)Cc2csc(C)n2)cc1. The van der Waals surface area contributed by atoms with Crippen molar-refractivity contribution >= 4 is 33.0 Å². The number of aryl methyl sites for hydroxylation is 1. The number of thiazole rings is 1. The highest BCUT2D eigenvalue weighted by atomic mass is 32.2. The standard InChI is InChI=1S/C17H22N4O3S2/c1-4-9-18-26(23,24)16-7-5-14(6-8-16)12(2)20-21-17(22)10-15-11-25-13(3)19-15/h5-8,11,18H,4,9-10H2,1-3H3,(H,21,22)/b20-12-. The van der Waals surface area contributed by atoms with Gasteiger partial charge in [-0.1, -0.05) is 19.1 Å². The first-order valence-corrected chi connectivity index (χ1v) is 10.5. The number of nitrogens with one attached hydrogen (secondary N) is 2. The molecule has 140 valence electrons. The van der Waals surface area contributed by atoms with Crippen LogP contribution in [0.25, 0.3) is 0 Å². The van der Waals surface area contributed by atoms with Crippen LogP contribution in [0.3, 0.4) is 0 Å². The second-order valence-corrected chi connectivity index (χ2v) is 8.52. The average molecular weight is 395 g/mol. The quantitative estimate of drug-likeness (QED) is 0.529. The highest BCUT2D eigenvalue weighted by Gasteiger charge is 2.13. The Bertz CT molecular complexity index is 887. The summed E-state index contributed by atoms with van der Waals surface area (Å²) < 4.78 is 26.6. The second-order valence-electron chi connectivity index (χ2n) is 5.69. The number of aromatic nitrogens is 1. The van der Waals surface area contributed by atoms with Gasteiger partial charge in [0.15, 0.2) is 0 Å². The van der Waals surface area contributed by atoms with Gasteiger partial charge in [-0.3, -0.25) is 4.79 Å². The summed E-state index contributed by atoms with van der Waals surface area (Å²) in [6, 6.07) is 6.36. The number of sulfonamides is 1. The number of hydrogen-bond acceptors (Lipinski definition) is 6. The summed E-state index contributed by atoms with van der Waals surface area (Å²) in [6.45, 7) is 5.92. The van der Waals surface area contributed by atoms with Crippen LogP contribution in [-0.4, -0.2) is 31.6 Å². The Balaban J connectivity index is 1.99. The maximum absolute atomic E-state index is 12.1. The Morgan fingerprint density at radius 3 is 2.54 bits per heavy atom.